The number of hydrogen-bond acceptors (Lipinski definition) is 10. The van der Waals surface area contributed by atoms with Crippen LogP contribution in [0.4, 0.5) is 15.3 Å². The van der Waals surface area contributed by atoms with Crippen molar-refractivity contribution in [2.45, 2.75) is 49.9 Å². The summed E-state index contributed by atoms with van der Waals surface area (Å²) >= 11 is 8.02. The number of ether oxygens (including phenoxy) is 1. The Bertz CT molecular complexity index is 1760. The summed E-state index contributed by atoms with van der Waals surface area (Å²) in [6.07, 6.45) is 7.25. The van der Waals surface area contributed by atoms with E-state index in [9.17, 15) is 9.18 Å². The third-order valence-electron chi connectivity index (χ3n) is 9.16. The SMILES string of the molecule is C=C/C(F)=c1/sc(N)n/c1=C\c1c(Cl)cc2c(N3CC4CCC(C3)N4)nc(=O)n3c2c1OCC3CN1CCCC(NC)C1. The minimum Gasteiger partial charge on any atom is -0.488 e. The number of aromatic nitrogens is 3. The number of nitrogens with two attached hydrogens (primary N) is 1. The maximum atomic E-state index is 14.7. The number of nitrogens with zero attached hydrogens (tertiary/aromatic N) is 5. The molecule has 1 aromatic carbocycles. The van der Waals surface area contributed by atoms with Crippen LogP contribution in [-0.2, 0) is 0 Å². The molecule has 0 radical (unpaired) electrons. The Morgan fingerprint density at radius 2 is 2.09 bits per heavy atom. The molecule has 228 valence electrons. The fraction of sp³-hybridized carbons (Fsp3) is 0.500. The van der Waals surface area contributed by atoms with Crippen molar-refractivity contribution in [3.63, 3.8) is 0 Å². The van der Waals surface area contributed by atoms with Gasteiger partial charge in [-0.15, -0.1) is 0 Å². The molecule has 0 saturated carbocycles. The fourth-order valence-corrected chi connectivity index (χ4v) is 8.15. The van der Waals surface area contributed by atoms with Crippen molar-refractivity contribution in [2.24, 2.45) is 0 Å². The van der Waals surface area contributed by atoms with E-state index >= 15 is 0 Å². The lowest BCUT2D eigenvalue weighted by Gasteiger charge is -2.38. The zero-order valence-electron chi connectivity index (χ0n) is 24.1. The number of piperidine rings is 1. The lowest BCUT2D eigenvalue weighted by Crippen LogP contribution is -2.52. The summed E-state index contributed by atoms with van der Waals surface area (Å²) in [5.74, 6) is 0.581. The molecule has 2 aromatic heterocycles. The van der Waals surface area contributed by atoms with E-state index in [4.69, 9.17) is 27.1 Å². The van der Waals surface area contributed by atoms with Crippen LogP contribution in [0.3, 0.4) is 0 Å². The molecule has 3 saturated heterocycles. The molecule has 4 aliphatic heterocycles. The van der Waals surface area contributed by atoms with Gasteiger partial charge in [0.05, 0.1) is 26.5 Å². The molecule has 0 amide bonds. The number of thiazole rings is 1. The van der Waals surface area contributed by atoms with Crippen LogP contribution in [0.25, 0.3) is 22.8 Å². The average molecular weight is 627 g/mol. The minimum atomic E-state index is -0.523. The molecule has 6 heterocycles. The number of nitrogens with one attached hydrogen (secondary N) is 2. The van der Waals surface area contributed by atoms with E-state index in [1.165, 1.54) is 0 Å². The van der Waals surface area contributed by atoms with E-state index in [0.717, 1.165) is 74.7 Å². The van der Waals surface area contributed by atoms with Gasteiger partial charge in [-0.05, 0) is 57.5 Å². The first-order valence-corrected chi connectivity index (χ1v) is 16.1. The van der Waals surface area contributed by atoms with Crippen molar-refractivity contribution in [3.8, 4) is 5.75 Å². The molecule has 2 bridgehead atoms. The Kier molecular flexibility index (Phi) is 7.67. The Hall–Kier alpha value is -3.03. The lowest BCUT2D eigenvalue weighted by molar-refractivity contribution is 0.136. The molecular weight excluding hydrogens is 591 g/mol. The Morgan fingerprint density at radius 3 is 2.84 bits per heavy atom. The maximum Gasteiger partial charge on any atom is 0.350 e. The van der Waals surface area contributed by atoms with Crippen LogP contribution in [0.15, 0.2) is 23.5 Å². The molecule has 3 fully saturated rings. The van der Waals surface area contributed by atoms with E-state index in [2.05, 4.69) is 32.0 Å². The largest absolute Gasteiger partial charge is 0.488 e. The zero-order valence-corrected chi connectivity index (χ0v) is 25.7. The van der Waals surface area contributed by atoms with Gasteiger partial charge >= 0.3 is 5.69 Å². The van der Waals surface area contributed by atoms with Crippen molar-refractivity contribution < 1.29 is 9.13 Å². The molecule has 10 nitrogen and oxygen atoms in total. The molecule has 0 spiro atoms. The quantitative estimate of drug-likeness (QED) is 0.377. The summed E-state index contributed by atoms with van der Waals surface area (Å²) in [4.78, 5) is 27.7. The van der Waals surface area contributed by atoms with Crippen LogP contribution >= 0.6 is 22.9 Å². The first-order valence-electron chi connectivity index (χ1n) is 14.9. The normalized spacial score (nSPS) is 26.6. The Balaban J connectivity index is 1.42. The number of nitrogen functional groups attached to an aromatic ring is 1. The molecule has 3 aromatic rings. The van der Waals surface area contributed by atoms with Crippen molar-refractivity contribution >= 4 is 56.7 Å². The summed E-state index contributed by atoms with van der Waals surface area (Å²) in [5, 5.41) is 8.78. The predicted molar refractivity (Wildman–Crippen MR) is 170 cm³/mol. The fourth-order valence-electron chi connectivity index (χ4n) is 7.16. The third kappa shape index (κ3) is 5.22. The minimum absolute atomic E-state index is 0.225. The topological polar surface area (TPSA) is 114 Å². The lowest BCUT2D eigenvalue weighted by atomic mass is 10.0. The Morgan fingerprint density at radius 1 is 1.30 bits per heavy atom. The second-order valence-corrected chi connectivity index (χ2v) is 13.4. The number of piperazine rings is 1. The highest BCUT2D eigenvalue weighted by molar-refractivity contribution is 7.13. The molecule has 43 heavy (non-hydrogen) atoms. The van der Waals surface area contributed by atoms with E-state index in [1.807, 2.05) is 13.1 Å². The first kappa shape index (κ1) is 28.7. The van der Waals surface area contributed by atoms with Gasteiger partial charge < -0.3 is 26.0 Å². The highest BCUT2D eigenvalue weighted by atomic mass is 35.5. The number of rotatable bonds is 6. The number of likely N-dealkylation sites (N-methyl/N-ethyl adjacent to an activating group) is 1. The number of fused-ring (bicyclic) bond motifs is 2. The summed E-state index contributed by atoms with van der Waals surface area (Å²) in [6, 6.07) is 2.77. The van der Waals surface area contributed by atoms with Gasteiger partial charge in [-0.2, -0.15) is 4.98 Å². The molecule has 4 N–H and O–H groups in total. The zero-order chi connectivity index (χ0) is 29.8. The van der Waals surface area contributed by atoms with E-state index < -0.39 is 5.83 Å². The summed E-state index contributed by atoms with van der Waals surface area (Å²) in [6.45, 7) is 7.91. The Labute approximate surface area is 257 Å². The van der Waals surface area contributed by atoms with Gasteiger partial charge in [0, 0.05) is 55.3 Å². The van der Waals surface area contributed by atoms with Gasteiger partial charge in [0.1, 0.15) is 18.3 Å². The van der Waals surface area contributed by atoms with E-state index in [1.54, 1.807) is 10.6 Å². The van der Waals surface area contributed by atoms with Gasteiger partial charge in [-0.3, -0.25) is 9.47 Å². The number of anilines is 2. The standard InChI is InChI=1S/C30H36ClFN8O2S/c1-3-23(32)27-24(36-29(33)43-27)10-20-22(31)9-21-25-26(20)42-15-19(14-38-8-4-5-16(11-38)34-2)40(25)30(41)37-28(21)39-12-17-6-7-18(13-39)35-17/h3,9-10,16-19,34-35H,1,4-8,11-15H2,2H3,(H2,33,36)/b24-10-,27-23-. The van der Waals surface area contributed by atoms with Gasteiger partial charge in [0.2, 0.25) is 0 Å². The monoisotopic (exact) mass is 626 g/mol. The maximum absolute atomic E-state index is 14.7. The predicted octanol–water partition coefficient (Wildman–Crippen LogP) is 1.74. The van der Waals surface area contributed by atoms with Crippen LogP contribution in [0.1, 0.15) is 37.3 Å². The number of benzene rings is 1. The van der Waals surface area contributed by atoms with Gasteiger partial charge in [-0.25, -0.2) is 14.2 Å². The first-order chi connectivity index (χ1) is 20.8. The summed E-state index contributed by atoms with van der Waals surface area (Å²) in [7, 11) is 1.99. The second kappa shape index (κ2) is 11.5. The van der Waals surface area contributed by atoms with Crippen LogP contribution in [-0.4, -0.2) is 83.9 Å². The van der Waals surface area contributed by atoms with Gasteiger partial charge in [0.25, 0.3) is 0 Å². The van der Waals surface area contributed by atoms with Gasteiger partial charge in [-0.1, -0.05) is 29.5 Å². The number of hydrogen-bond donors (Lipinski definition) is 3. The van der Waals surface area contributed by atoms with Crippen molar-refractivity contribution in [3.05, 3.63) is 49.7 Å². The van der Waals surface area contributed by atoms with E-state index in [0.29, 0.717) is 57.7 Å². The number of allylic oxidation sites excluding steroid dienone is 1. The highest BCUT2D eigenvalue weighted by Gasteiger charge is 2.36. The van der Waals surface area contributed by atoms with E-state index in [-0.39, 0.29) is 28.0 Å². The summed E-state index contributed by atoms with van der Waals surface area (Å²) in [5.41, 5.74) is 6.85. The molecular formula is C30H36ClFN8O2S. The van der Waals surface area contributed by atoms with Crippen LogP contribution < -0.4 is 41.6 Å². The number of likely N-dealkylation sites (tertiary alicyclic amines) is 1. The molecule has 0 aliphatic carbocycles. The smallest absolute Gasteiger partial charge is 0.350 e. The number of halogens is 2. The van der Waals surface area contributed by atoms with Crippen LogP contribution in [0.5, 0.6) is 5.75 Å². The van der Waals surface area contributed by atoms with Gasteiger partial charge in [0.15, 0.2) is 10.9 Å². The molecule has 7 rings (SSSR count). The van der Waals surface area contributed by atoms with Crippen molar-refractivity contribution in [2.75, 3.05) is 57.0 Å². The van der Waals surface area contributed by atoms with Crippen molar-refractivity contribution in [1.82, 2.24) is 30.1 Å². The van der Waals surface area contributed by atoms with Crippen molar-refractivity contribution in [1.29, 1.82) is 0 Å². The average Bonchev–Trinajstić information content (AvgIpc) is 3.55. The van der Waals surface area contributed by atoms with Crippen LogP contribution in [0.2, 0.25) is 5.02 Å². The molecule has 4 atom stereocenters. The summed E-state index contributed by atoms with van der Waals surface area (Å²) < 4.78 is 23.3. The molecule has 4 unspecified atom stereocenters. The molecule has 4 aliphatic rings. The second-order valence-electron chi connectivity index (χ2n) is 11.9. The van der Waals surface area contributed by atoms with Crippen LogP contribution in [0, 0.1) is 0 Å². The third-order valence-corrected chi connectivity index (χ3v) is 10.4. The molecule has 13 heteroatoms. The highest BCUT2D eigenvalue weighted by Crippen LogP contribution is 2.42.